The summed E-state index contributed by atoms with van der Waals surface area (Å²) < 4.78 is 20.9. The van der Waals surface area contributed by atoms with Crippen LogP contribution in [0, 0.1) is 0 Å². The average Bonchev–Trinajstić information content (AvgIpc) is 4.22. The lowest BCUT2D eigenvalue weighted by atomic mass is 10.1. The second-order valence-electron chi connectivity index (χ2n) is 17.0. The number of aliphatic hydroxyl groups is 2. The maximum atomic E-state index is 10.3. The molecule has 7 aromatic heterocycles. The predicted octanol–water partition coefficient (Wildman–Crippen LogP) is 8.09. The van der Waals surface area contributed by atoms with E-state index in [1.54, 1.807) is 0 Å². The molecule has 4 N–H and O–H groups in total. The lowest BCUT2D eigenvalue weighted by Crippen LogP contribution is -2.38. The van der Waals surface area contributed by atoms with Crippen LogP contribution < -0.4 is 18.3 Å². The third-order valence-electron chi connectivity index (χ3n) is 12.5. The van der Waals surface area contributed by atoms with E-state index in [0.29, 0.717) is 39.4 Å². The first kappa shape index (κ1) is 46.2. The molecular weight excluding hydrogens is 849 g/mol. The summed E-state index contributed by atoms with van der Waals surface area (Å²) in [5.41, 5.74) is 14.1. The van der Waals surface area contributed by atoms with Crippen LogP contribution in [-0.4, -0.2) is 69.8 Å². The first-order valence-electron chi connectivity index (χ1n) is 24.1. The standard InChI is InChI=1S/C56H61N8O4/c1-3-5-37-67-39-33-63-29-13-9-17-51(63)55-45-23-21-43(58-45)53(49-15-7-11-27-61(49)31-35-65)41-19-20-42(57-41)54(50-16-8-12-28-62(50)32-36-66)44-22-24-46(59-44)56(48-26-25-47(55)60-48)52-18-10-14-30-64(52)34-40-68-38-6-4-2/h7-30,65-66H,3-6,31-40H2,1-2H3,(H,57,58,59,60)/q+3/p+1. The van der Waals surface area contributed by atoms with E-state index in [1.165, 1.54) is 0 Å². The van der Waals surface area contributed by atoms with E-state index in [9.17, 15) is 10.2 Å². The van der Waals surface area contributed by atoms with Crippen molar-refractivity contribution >= 4 is 46.4 Å². The minimum Gasteiger partial charge on any atom is -0.390 e. The van der Waals surface area contributed by atoms with E-state index in [-0.39, 0.29) is 13.2 Å². The summed E-state index contributed by atoms with van der Waals surface area (Å²) >= 11 is 0. The third-order valence-corrected chi connectivity index (χ3v) is 12.5. The van der Waals surface area contributed by atoms with Crippen LogP contribution in [0.25, 0.3) is 91.4 Å². The number of aromatic nitrogens is 8. The van der Waals surface area contributed by atoms with Crippen molar-refractivity contribution in [3.63, 3.8) is 0 Å². The maximum absolute atomic E-state index is 10.3. The SMILES string of the molecule is CCCCOCC[n+]1ccccc1-c1c2nc(c(-c3cccc[n+]3CCOCCCC)c3ccc([nH]3)c(-c3cccc[n+]3CCO)c3nc(c(-c4cccc[n+]4CCO)c4ccc1[nH]4)C=C3)C=C2. The number of hydrogen-bond donors (Lipinski definition) is 4. The minimum absolute atomic E-state index is 0.0234. The van der Waals surface area contributed by atoms with Crippen LogP contribution in [0.5, 0.6) is 0 Å². The molecule has 9 rings (SSSR count). The van der Waals surface area contributed by atoms with Crippen LogP contribution in [0.3, 0.4) is 0 Å². The van der Waals surface area contributed by atoms with Crippen molar-refractivity contribution in [2.75, 3.05) is 39.6 Å². The Kier molecular flexibility index (Phi) is 15.1. The molecule has 68 heavy (non-hydrogen) atoms. The summed E-state index contributed by atoms with van der Waals surface area (Å²) in [5, 5.41) is 20.5. The van der Waals surface area contributed by atoms with Gasteiger partial charge in [-0.15, -0.1) is 0 Å². The van der Waals surface area contributed by atoms with E-state index < -0.39 is 0 Å². The predicted molar refractivity (Wildman–Crippen MR) is 267 cm³/mol. The fourth-order valence-corrected chi connectivity index (χ4v) is 9.11. The van der Waals surface area contributed by atoms with Gasteiger partial charge in [0.1, 0.15) is 26.4 Å². The molecule has 8 bridgehead atoms. The minimum atomic E-state index is -0.0234. The van der Waals surface area contributed by atoms with Gasteiger partial charge in [0.25, 0.3) is 0 Å². The molecule has 0 fully saturated rings. The summed E-state index contributed by atoms with van der Waals surface area (Å²) in [6.07, 6.45) is 20.9. The second-order valence-corrected chi connectivity index (χ2v) is 17.0. The fraction of sp³-hybridized carbons (Fsp3) is 0.286. The van der Waals surface area contributed by atoms with Gasteiger partial charge in [0, 0.05) is 61.7 Å². The van der Waals surface area contributed by atoms with Crippen molar-refractivity contribution in [3.8, 4) is 45.0 Å². The van der Waals surface area contributed by atoms with Gasteiger partial charge in [-0.3, -0.25) is 0 Å². The number of hydrogen-bond acceptors (Lipinski definition) is 6. The van der Waals surface area contributed by atoms with Crippen molar-refractivity contribution in [2.45, 2.75) is 65.7 Å². The molecule has 0 saturated heterocycles. The lowest BCUT2D eigenvalue weighted by molar-refractivity contribution is -0.688. The van der Waals surface area contributed by atoms with Gasteiger partial charge in [-0.2, -0.15) is 18.3 Å². The Morgan fingerprint density at radius 1 is 0.412 bits per heavy atom. The van der Waals surface area contributed by atoms with Gasteiger partial charge in [0.05, 0.1) is 67.1 Å². The maximum Gasteiger partial charge on any atom is 0.216 e. The number of aliphatic hydroxyl groups excluding tert-OH is 2. The lowest BCUT2D eigenvalue weighted by Gasteiger charge is -2.08. The van der Waals surface area contributed by atoms with E-state index in [0.717, 1.165) is 129 Å². The molecular formula is C56H62N8O4+4. The zero-order valence-electron chi connectivity index (χ0n) is 39.2. The highest BCUT2D eigenvalue weighted by atomic mass is 16.5. The summed E-state index contributed by atoms with van der Waals surface area (Å²) in [6, 6.07) is 33.3. The highest BCUT2D eigenvalue weighted by Gasteiger charge is 2.27. The number of nitrogens with one attached hydrogen (secondary N) is 2. The van der Waals surface area contributed by atoms with E-state index in [2.05, 4.69) is 152 Å². The molecule has 7 aromatic rings. The summed E-state index contributed by atoms with van der Waals surface area (Å²) in [7, 11) is 0. The van der Waals surface area contributed by atoms with Crippen molar-refractivity contribution in [1.29, 1.82) is 0 Å². The molecule has 2 aliphatic rings. The number of ether oxygens (including phenoxy) is 2. The largest absolute Gasteiger partial charge is 0.390 e. The van der Waals surface area contributed by atoms with E-state index in [4.69, 9.17) is 19.4 Å². The van der Waals surface area contributed by atoms with Crippen LogP contribution >= 0.6 is 0 Å². The summed E-state index contributed by atoms with van der Waals surface area (Å²) in [4.78, 5) is 18.9. The zero-order valence-corrected chi connectivity index (χ0v) is 39.2. The van der Waals surface area contributed by atoms with Gasteiger partial charge >= 0.3 is 0 Å². The number of fused-ring (bicyclic) bond motifs is 8. The molecule has 0 spiro atoms. The Bertz CT molecular complexity index is 2910. The Labute approximate surface area is 397 Å². The van der Waals surface area contributed by atoms with Crippen LogP contribution in [0.2, 0.25) is 0 Å². The van der Waals surface area contributed by atoms with Crippen LogP contribution in [-0.2, 0) is 35.7 Å². The Balaban J connectivity index is 1.40. The molecule has 12 nitrogen and oxygen atoms in total. The molecule has 9 heterocycles. The van der Waals surface area contributed by atoms with Gasteiger partial charge < -0.3 is 29.7 Å². The number of unbranched alkanes of at least 4 members (excludes halogenated alkanes) is 2. The number of H-pyrrole nitrogens is 2. The van der Waals surface area contributed by atoms with Gasteiger partial charge in [-0.1, -0.05) is 26.7 Å². The van der Waals surface area contributed by atoms with Gasteiger partial charge in [-0.05, 0) is 85.7 Å². The van der Waals surface area contributed by atoms with Crippen molar-refractivity contribution in [2.24, 2.45) is 0 Å². The second kappa shape index (κ2) is 22.2. The molecule has 12 heteroatoms. The first-order valence-corrected chi connectivity index (χ1v) is 24.1. The molecule has 0 unspecified atom stereocenters. The molecule has 2 aliphatic heterocycles. The van der Waals surface area contributed by atoms with Gasteiger partial charge in [-0.25, -0.2) is 9.97 Å². The molecule has 0 atom stereocenters. The molecule has 0 aromatic carbocycles. The smallest absolute Gasteiger partial charge is 0.216 e. The Hall–Kier alpha value is -6.96. The van der Waals surface area contributed by atoms with Gasteiger partial charge in [0.2, 0.25) is 22.8 Å². The molecule has 0 saturated carbocycles. The highest BCUT2D eigenvalue weighted by Crippen LogP contribution is 2.36. The summed E-state index contributed by atoms with van der Waals surface area (Å²) in [5.74, 6) is 0. The fourth-order valence-electron chi connectivity index (χ4n) is 9.11. The molecule has 0 radical (unpaired) electrons. The highest BCUT2D eigenvalue weighted by molar-refractivity contribution is 5.97. The van der Waals surface area contributed by atoms with Crippen LogP contribution in [0.1, 0.15) is 62.3 Å². The van der Waals surface area contributed by atoms with Gasteiger partial charge in [0.15, 0.2) is 51.0 Å². The average molecular weight is 911 g/mol. The molecule has 0 aliphatic carbocycles. The normalized spacial score (nSPS) is 12.1. The van der Waals surface area contributed by atoms with Crippen molar-refractivity contribution in [3.05, 3.63) is 145 Å². The zero-order chi connectivity index (χ0) is 46.7. The summed E-state index contributed by atoms with van der Waals surface area (Å²) in [6.45, 7) is 9.07. The van der Waals surface area contributed by atoms with E-state index >= 15 is 0 Å². The Morgan fingerprint density at radius 3 is 1.01 bits per heavy atom. The van der Waals surface area contributed by atoms with Crippen LogP contribution in [0.4, 0.5) is 0 Å². The van der Waals surface area contributed by atoms with Crippen molar-refractivity contribution in [1.82, 2.24) is 19.9 Å². The number of aromatic amines is 2. The monoisotopic (exact) mass is 910 g/mol. The first-order chi connectivity index (χ1) is 33.6. The quantitative estimate of drug-likeness (QED) is 0.0452. The van der Waals surface area contributed by atoms with E-state index in [1.807, 2.05) is 36.7 Å². The van der Waals surface area contributed by atoms with Crippen molar-refractivity contribution < 1.29 is 38.0 Å². The van der Waals surface area contributed by atoms with Crippen LogP contribution in [0.15, 0.2) is 122 Å². The number of rotatable bonds is 20. The third kappa shape index (κ3) is 10.00. The molecule has 346 valence electrons. The molecule has 0 amide bonds. The number of nitrogens with zero attached hydrogens (tertiary/aromatic N) is 6. The Morgan fingerprint density at radius 2 is 0.721 bits per heavy atom. The number of pyridine rings is 4. The topological polar surface area (TPSA) is 132 Å².